The Morgan fingerprint density at radius 1 is 1.13 bits per heavy atom. The Labute approximate surface area is 94.6 Å². The van der Waals surface area contributed by atoms with Gasteiger partial charge in [-0.2, -0.15) is 0 Å². The molecular weight excluding hydrogens is 184 g/mol. The molecule has 1 nitrogen and oxygen atoms in total. The molecule has 2 aliphatic carbocycles. The lowest BCUT2D eigenvalue weighted by Gasteiger charge is -2.45. The zero-order valence-electron chi connectivity index (χ0n) is 11.2. The Kier molecular flexibility index (Phi) is 2.29. The molecule has 0 aromatic carbocycles. The molecule has 2 saturated carbocycles. The fourth-order valence-corrected chi connectivity index (χ4v) is 3.90. The second-order valence-electron chi connectivity index (χ2n) is 7.53. The summed E-state index contributed by atoms with van der Waals surface area (Å²) < 4.78 is 6.35. The van der Waals surface area contributed by atoms with E-state index in [9.17, 15) is 0 Å². The molecule has 0 aromatic heterocycles. The Bertz CT molecular complexity index is 256. The van der Waals surface area contributed by atoms with Crippen molar-refractivity contribution < 1.29 is 4.74 Å². The monoisotopic (exact) mass is 210 g/mol. The molecule has 2 bridgehead atoms. The smallest absolute Gasteiger partial charge is 0.0689 e. The van der Waals surface area contributed by atoms with Crippen LogP contribution in [-0.4, -0.2) is 11.7 Å². The van der Waals surface area contributed by atoms with Crippen LogP contribution in [0.5, 0.6) is 0 Å². The minimum atomic E-state index is -0.00454. The van der Waals surface area contributed by atoms with Gasteiger partial charge in [0.15, 0.2) is 0 Å². The lowest BCUT2D eigenvalue weighted by Crippen LogP contribution is -2.46. The third kappa shape index (κ3) is 1.73. The molecule has 3 atom stereocenters. The number of ether oxygens (including phenoxy) is 1. The van der Waals surface area contributed by atoms with E-state index in [-0.39, 0.29) is 5.60 Å². The molecule has 2 rings (SSSR count). The second kappa shape index (κ2) is 3.00. The fraction of sp³-hybridized carbons (Fsp3) is 1.00. The molecule has 88 valence electrons. The summed E-state index contributed by atoms with van der Waals surface area (Å²) in [5, 5.41) is 0. The summed E-state index contributed by atoms with van der Waals surface area (Å²) in [6.45, 7) is 13.8. The van der Waals surface area contributed by atoms with Crippen molar-refractivity contribution in [1.29, 1.82) is 0 Å². The molecule has 0 aliphatic heterocycles. The molecule has 0 spiro atoms. The Balaban J connectivity index is 2.23. The normalized spacial score (nSPS) is 43.6. The van der Waals surface area contributed by atoms with Crippen LogP contribution in [0, 0.1) is 16.7 Å². The summed E-state index contributed by atoms with van der Waals surface area (Å²) in [5.41, 5.74) is 0.817. The van der Waals surface area contributed by atoms with Crippen LogP contribution in [0.15, 0.2) is 0 Å². The maximum Gasteiger partial charge on any atom is 0.0689 e. The van der Waals surface area contributed by atoms with Crippen LogP contribution in [0.4, 0.5) is 0 Å². The van der Waals surface area contributed by atoms with Crippen molar-refractivity contribution >= 4 is 0 Å². The molecule has 2 fully saturated rings. The van der Waals surface area contributed by atoms with Crippen molar-refractivity contribution in [1.82, 2.24) is 0 Å². The molecule has 0 N–H and O–H groups in total. The van der Waals surface area contributed by atoms with Gasteiger partial charge in [-0.05, 0) is 56.8 Å². The first-order valence-corrected chi connectivity index (χ1v) is 6.33. The molecule has 0 unspecified atom stereocenters. The second-order valence-corrected chi connectivity index (χ2v) is 7.53. The molecule has 0 radical (unpaired) electrons. The first-order chi connectivity index (χ1) is 6.65. The van der Waals surface area contributed by atoms with Gasteiger partial charge >= 0.3 is 0 Å². The molecule has 15 heavy (non-hydrogen) atoms. The highest BCUT2D eigenvalue weighted by Crippen LogP contribution is 2.64. The van der Waals surface area contributed by atoms with E-state index < -0.39 is 0 Å². The topological polar surface area (TPSA) is 9.23 Å². The van der Waals surface area contributed by atoms with E-state index >= 15 is 0 Å². The average molecular weight is 210 g/mol. The zero-order chi connectivity index (χ0) is 11.5. The van der Waals surface area contributed by atoms with Gasteiger partial charge < -0.3 is 4.74 Å². The average Bonchev–Trinajstić information content (AvgIpc) is 2.48. The highest BCUT2D eigenvalue weighted by Gasteiger charge is 2.60. The van der Waals surface area contributed by atoms with E-state index in [1.165, 1.54) is 19.3 Å². The lowest BCUT2D eigenvalue weighted by atomic mass is 9.70. The van der Waals surface area contributed by atoms with Gasteiger partial charge in [-0.25, -0.2) is 0 Å². The van der Waals surface area contributed by atoms with Gasteiger partial charge in [-0.15, -0.1) is 0 Å². The number of hydrogen-bond donors (Lipinski definition) is 0. The maximum absolute atomic E-state index is 6.35. The maximum atomic E-state index is 6.35. The molecule has 0 saturated heterocycles. The molecule has 0 aromatic rings. The zero-order valence-corrected chi connectivity index (χ0v) is 11.2. The summed E-state index contributed by atoms with van der Waals surface area (Å²) in [4.78, 5) is 0. The highest BCUT2D eigenvalue weighted by molar-refractivity contribution is 5.10. The van der Waals surface area contributed by atoms with Crippen LogP contribution in [0.1, 0.15) is 60.8 Å². The van der Waals surface area contributed by atoms with Crippen molar-refractivity contribution in [3.63, 3.8) is 0 Å². The van der Waals surface area contributed by atoms with E-state index in [2.05, 4.69) is 41.5 Å². The van der Waals surface area contributed by atoms with Crippen LogP contribution < -0.4 is 0 Å². The Hall–Kier alpha value is -0.0400. The summed E-state index contributed by atoms with van der Waals surface area (Å²) in [5.74, 6) is 0.884. The van der Waals surface area contributed by atoms with E-state index in [1.807, 2.05) is 0 Å². The van der Waals surface area contributed by atoms with Crippen LogP contribution in [-0.2, 0) is 4.74 Å². The van der Waals surface area contributed by atoms with E-state index in [4.69, 9.17) is 4.74 Å². The van der Waals surface area contributed by atoms with Gasteiger partial charge in [-0.3, -0.25) is 0 Å². The van der Waals surface area contributed by atoms with E-state index in [0.29, 0.717) is 16.9 Å². The van der Waals surface area contributed by atoms with Crippen LogP contribution >= 0.6 is 0 Å². The minimum Gasteiger partial charge on any atom is -0.372 e. The quantitative estimate of drug-likeness (QED) is 0.635. The van der Waals surface area contributed by atoms with Crippen LogP contribution in [0.25, 0.3) is 0 Å². The first-order valence-electron chi connectivity index (χ1n) is 6.33. The number of hydrogen-bond acceptors (Lipinski definition) is 1. The largest absolute Gasteiger partial charge is 0.372 e. The first kappa shape index (κ1) is 11.4. The summed E-state index contributed by atoms with van der Waals surface area (Å²) in [6.07, 6.45) is 4.60. The molecular formula is C14H26O. The lowest BCUT2D eigenvalue weighted by molar-refractivity contribution is -0.153. The van der Waals surface area contributed by atoms with Crippen LogP contribution in [0.2, 0.25) is 0 Å². The van der Waals surface area contributed by atoms with Gasteiger partial charge in [0, 0.05) is 0 Å². The number of rotatable bonds is 1. The van der Waals surface area contributed by atoms with Gasteiger partial charge in [0.2, 0.25) is 0 Å². The minimum absolute atomic E-state index is 0.00454. The van der Waals surface area contributed by atoms with Crippen molar-refractivity contribution in [2.24, 2.45) is 16.7 Å². The predicted octanol–water partition coefficient (Wildman–Crippen LogP) is 4.02. The van der Waals surface area contributed by atoms with Crippen molar-refractivity contribution in [2.75, 3.05) is 0 Å². The molecule has 0 amide bonds. The van der Waals surface area contributed by atoms with Gasteiger partial charge in [0.1, 0.15) is 0 Å². The predicted molar refractivity (Wildman–Crippen MR) is 63.9 cm³/mol. The van der Waals surface area contributed by atoms with E-state index in [0.717, 1.165) is 5.92 Å². The third-order valence-corrected chi connectivity index (χ3v) is 4.61. The third-order valence-electron chi connectivity index (χ3n) is 4.61. The van der Waals surface area contributed by atoms with E-state index in [1.54, 1.807) is 0 Å². The van der Waals surface area contributed by atoms with Crippen molar-refractivity contribution in [2.45, 2.75) is 72.5 Å². The van der Waals surface area contributed by atoms with Crippen molar-refractivity contribution in [3.05, 3.63) is 0 Å². The number of fused-ring (bicyclic) bond motifs is 2. The summed E-state index contributed by atoms with van der Waals surface area (Å²) in [7, 11) is 0. The van der Waals surface area contributed by atoms with Crippen molar-refractivity contribution in [3.8, 4) is 0 Å². The van der Waals surface area contributed by atoms with Crippen LogP contribution in [0.3, 0.4) is 0 Å². The molecule has 1 heteroatoms. The highest BCUT2D eigenvalue weighted by atomic mass is 16.5. The van der Waals surface area contributed by atoms with Gasteiger partial charge in [0.05, 0.1) is 11.7 Å². The van der Waals surface area contributed by atoms with Gasteiger partial charge in [0.25, 0.3) is 0 Å². The standard InChI is InChI=1S/C14H26O/c1-12(2,3)15-11-13(4,5)10-7-8-14(11,6)9-10/h10-11H,7-9H2,1-6H3/t10-,11-,14+/m0/s1. The molecule has 2 aliphatic rings. The fourth-order valence-electron chi connectivity index (χ4n) is 3.90. The Morgan fingerprint density at radius 2 is 1.73 bits per heavy atom. The summed E-state index contributed by atoms with van der Waals surface area (Å²) in [6, 6.07) is 0. The summed E-state index contributed by atoms with van der Waals surface area (Å²) >= 11 is 0. The Morgan fingerprint density at radius 3 is 2.13 bits per heavy atom. The van der Waals surface area contributed by atoms with Gasteiger partial charge in [-0.1, -0.05) is 20.8 Å². The molecule has 0 heterocycles. The SMILES string of the molecule is CC(C)(C)O[C@H]1C(C)(C)[C@H]2CC[C@]1(C)C2.